The monoisotopic (exact) mass is 326 g/mol. The predicted octanol–water partition coefficient (Wildman–Crippen LogP) is 4.72. The third-order valence-corrected chi connectivity index (χ3v) is 4.40. The number of ether oxygens (including phenoxy) is 2. The number of rotatable bonds is 9. The molecule has 128 valence electrons. The maximum absolute atomic E-state index is 12.9. The van der Waals surface area contributed by atoms with Crippen molar-refractivity contribution in [3.05, 3.63) is 65.7 Å². The van der Waals surface area contributed by atoms with Crippen LogP contribution in [0.2, 0.25) is 0 Å². The number of carbonyl (C=O) groups excluding carboxylic acids is 1. The summed E-state index contributed by atoms with van der Waals surface area (Å²) < 4.78 is 10.7. The van der Waals surface area contributed by atoms with Gasteiger partial charge in [0.2, 0.25) is 0 Å². The Hall–Kier alpha value is -2.13. The lowest BCUT2D eigenvalue weighted by Crippen LogP contribution is -2.21. The minimum absolute atomic E-state index is 0.110. The van der Waals surface area contributed by atoms with Crippen molar-refractivity contribution in [3.63, 3.8) is 0 Å². The summed E-state index contributed by atoms with van der Waals surface area (Å²) in [6.45, 7) is 5.36. The van der Waals surface area contributed by atoms with E-state index >= 15 is 0 Å². The number of ketones is 1. The highest BCUT2D eigenvalue weighted by atomic mass is 16.5. The second-order valence-corrected chi connectivity index (χ2v) is 5.88. The molecule has 0 bridgehead atoms. The summed E-state index contributed by atoms with van der Waals surface area (Å²) in [5.41, 5.74) is 1.91. The summed E-state index contributed by atoms with van der Waals surface area (Å²) in [6.07, 6.45) is 0.834. The molecule has 0 aliphatic heterocycles. The number of benzene rings is 2. The van der Waals surface area contributed by atoms with E-state index in [9.17, 15) is 4.79 Å². The molecule has 0 N–H and O–H groups in total. The first-order valence-electron chi connectivity index (χ1n) is 8.48. The minimum atomic E-state index is -0.110. The van der Waals surface area contributed by atoms with Crippen LogP contribution in [-0.2, 0) is 4.74 Å². The van der Waals surface area contributed by atoms with Gasteiger partial charge in [-0.2, -0.15) is 0 Å². The lowest BCUT2D eigenvalue weighted by atomic mass is 9.80. The number of hydrogen-bond acceptors (Lipinski definition) is 3. The molecule has 2 aromatic carbocycles. The normalized spacial score (nSPS) is 13.3. The van der Waals surface area contributed by atoms with Gasteiger partial charge in [0.15, 0.2) is 5.78 Å². The van der Waals surface area contributed by atoms with Gasteiger partial charge < -0.3 is 9.47 Å². The Bertz CT molecular complexity index is 619. The molecule has 2 unspecified atom stereocenters. The first-order chi connectivity index (χ1) is 11.7. The second kappa shape index (κ2) is 9.24. The van der Waals surface area contributed by atoms with Gasteiger partial charge in [-0.25, -0.2) is 0 Å². The zero-order valence-electron chi connectivity index (χ0n) is 14.7. The van der Waals surface area contributed by atoms with Gasteiger partial charge in [0.25, 0.3) is 0 Å². The maximum Gasteiger partial charge on any atom is 0.166 e. The topological polar surface area (TPSA) is 35.5 Å². The summed E-state index contributed by atoms with van der Waals surface area (Å²) in [6, 6.07) is 17.6. The Labute approximate surface area is 144 Å². The Morgan fingerprint density at radius 1 is 1.04 bits per heavy atom. The van der Waals surface area contributed by atoms with E-state index in [0.717, 1.165) is 17.7 Å². The second-order valence-electron chi connectivity index (χ2n) is 5.88. The smallest absolute Gasteiger partial charge is 0.166 e. The van der Waals surface area contributed by atoms with Crippen LogP contribution in [0.15, 0.2) is 54.6 Å². The van der Waals surface area contributed by atoms with E-state index in [1.165, 1.54) is 5.56 Å². The Morgan fingerprint density at radius 3 is 2.29 bits per heavy atom. The van der Waals surface area contributed by atoms with Gasteiger partial charge in [-0.15, -0.1) is 0 Å². The van der Waals surface area contributed by atoms with Crippen molar-refractivity contribution in [1.82, 2.24) is 0 Å². The third kappa shape index (κ3) is 4.68. The van der Waals surface area contributed by atoms with Gasteiger partial charge in [-0.1, -0.05) is 37.3 Å². The molecule has 0 fully saturated rings. The molecule has 0 saturated carbocycles. The largest absolute Gasteiger partial charge is 0.497 e. The summed E-state index contributed by atoms with van der Waals surface area (Å²) >= 11 is 0. The van der Waals surface area contributed by atoms with Crippen LogP contribution in [0.3, 0.4) is 0 Å². The summed E-state index contributed by atoms with van der Waals surface area (Å²) in [5.74, 6) is 0.951. The quantitative estimate of drug-likeness (QED) is 0.494. The molecule has 24 heavy (non-hydrogen) atoms. The first kappa shape index (κ1) is 18.2. The number of Topliss-reactive ketones (excluding diaryl/α,β-unsaturated/α-hetero) is 1. The fourth-order valence-electron chi connectivity index (χ4n) is 2.96. The van der Waals surface area contributed by atoms with Crippen LogP contribution in [0.25, 0.3) is 0 Å². The van der Waals surface area contributed by atoms with Gasteiger partial charge in [0, 0.05) is 24.7 Å². The molecule has 0 spiro atoms. The van der Waals surface area contributed by atoms with Gasteiger partial charge in [-0.05, 0) is 49.1 Å². The van der Waals surface area contributed by atoms with Crippen LogP contribution in [0.5, 0.6) is 5.75 Å². The molecule has 3 nitrogen and oxygen atoms in total. The molecule has 0 aromatic heterocycles. The average molecular weight is 326 g/mol. The highest BCUT2D eigenvalue weighted by Gasteiger charge is 2.26. The van der Waals surface area contributed by atoms with Crippen LogP contribution in [-0.4, -0.2) is 26.1 Å². The first-order valence-corrected chi connectivity index (χ1v) is 8.48. The molecule has 0 amide bonds. The van der Waals surface area contributed by atoms with Gasteiger partial charge in [0.05, 0.1) is 7.11 Å². The molecule has 0 aliphatic carbocycles. The van der Waals surface area contributed by atoms with Crippen LogP contribution in [0.4, 0.5) is 0 Å². The van der Waals surface area contributed by atoms with Crippen molar-refractivity contribution in [2.45, 2.75) is 26.2 Å². The van der Waals surface area contributed by atoms with E-state index in [4.69, 9.17) is 9.47 Å². The van der Waals surface area contributed by atoms with Crippen molar-refractivity contribution in [1.29, 1.82) is 0 Å². The molecular weight excluding hydrogens is 300 g/mol. The highest BCUT2D eigenvalue weighted by molar-refractivity contribution is 5.98. The SMILES string of the molecule is CCOCCC(c1ccccc1)C(C)C(=O)c1ccc(OC)cc1. The van der Waals surface area contributed by atoms with Crippen molar-refractivity contribution < 1.29 is 14.3 Å². The molecule has 0 saturated heterocycles. The van der Waals surface area contributed by atoms with E-state index in [1.807, 2.05) is 56.3 Å². The van der Waals surface area contributed by atoms with Gasteiger partial charge in [0.1, 0.15) is 5.75 Å². The Morgan fingerprint density at radius 2 is 1.71 bits per heavy atom. The average Bonchev–Trinajstić information content (AvgIpc) is 2.65. The molecule has 0 heterocycles. The molecular formula is C21H26O3. The molecule has 2 aromatic rings. The number of hydrogen-bond donors (Lipinski definition) is 0. The molecule has 2 atom stereocenters. The Kier molecular flexibility index (Phi) is 7.01. The van der Waals surface area contributed by atoms with Crippen LogP contribution in [0, 0.1) is 5.92 Å². The van der Waals surface area contributed by atoms with Crippen LogP contribution < -0.4 is 4.74 Å². The zero-order chi connectivity index (χ0) is 17.4. The number of carbonyl (C=O) groups is 1. The van der Waals surface area contributed by atoms with Crippen LogP contribution >= 0.6 is 0 Å². The maximum atomic E-state index is 12.9. The summed E-state index contributed by atoms with van der Waals surface area (Å²) in [7, 11) is 1.62. The fourth-order valence-corrected chi connectivity index (χ4v) is 2.96. The van der Waals surface area contributed by atoms with E-state index in [-0.39, 0.29) is 17.6 Å². The molecule has 2 rings (SSSR count). The fraction of sp³-hybridized carbons (Fsp3) is 0.381. The van der Waals surface area contributed by atoms with Crippen molar-refractivity contribution in [2.24, 2.45) is 5.92 Å². The van der Waals surface area contributed by atoms with E-state index in [2.05, 4.69) is 12.1 Å². The van der Waals surface area contributed by atoms with Crippen molar-refractivity contribution in [3.8, 4) is 5.75 Å². The predicted molar refractivity (Wildman–Crippen MR) is 96.8 cm³/mol. The van der Waals surface area contributed by atoms with Crippen LogP contribution in [0.1, 0.15) is 42.1 Å². The highest BCUT2D eigenvalue weighted by Crippen LogP contribution is 2.31. The molecule has 3 heteroatoms. The molecule has 0 radical (unpaired) electrons. The molecule has 0 aliphatic rings. The van der Waals surface area contributed by atoms with Crippen molar-refractivity contribution >= 4 is 5.78 Å². The standard InChI is InChI=1S/C21H26O3/c1-4-24-15-14-20(17-8-6-5-7-9-17)16(2)21(22)18-10-12-19(23-3)13-11-18/h5-13,16,20H,4,14-15H2,1-3H3. The van der Waals surface area contributed by atoms with Gasteiger partial charge in [-0.3, -0.25) is 4.79 Å². The summed E-state index contributed by atoms with van der Waals surface area (Å²) in [4.78, 5) is 12.9. The van der Waals surface area contributed by atoms with E-state index in [1.54, 1.807) is 7.11 Å². The van der Waals surface area contributed by atoms with Gasteiger partial charge >= 0.3 is 0 Å². The Balaban J connectivity index is 2.18. The zero-order valence-corrected chi connectivity index (χ0v) is 14.7. The van der Waals surface area contributed by atoms with Crippen molar-refractivity contribution in [2.75, 3.05) is 20.3 Å². The van der Waals surface area contributed by atoms with E-state index in [0.29, 0.717) is 13.2 Å². The lowest BCUT2D eigenvalue weighted by Gasteiger charge is -2.24. The number of methoxy groups -OCH3 is 1. The minimum Gasteiger partial charge on any atom is -0.497 e. The summed E-state index contributed by atoms with van der Waals surface area (Å²) in [5, 5.41) is 0. The third-order valence-electron chi connectivity index (χ3n) is 4.40. The van der Waals surface area contributed by atoms with E-state index < -0.39 is 0 Å². The lowest BCUT2D eigenvalue weighted by molar-refractivity contribution is 0.0884.